The number of hydrogen-bond donors (Lipinski definition) is 0. The van der Waals surface area contributed by atoms with Gasteiger partial charge >= 0.3 is 0 Å². The van der Waals surface area contributed by atoms with Crippen molar-refractivity contribution in [3.63, 3.8) is 0 Å². The van der Waals surface area contributed by atoms with Crippen LogP contribution in [0.4, 0.5) is 0 Å². The van der Waals surface area contributed by atoms with Gasteiger partial charge in [0.25, 0.3) is 5.91 Å². The van der Waals surface area contributed by atoms with Crippen molar-refractivity contribution in [1.29, 1.82) is 0 Å². The van der Waals surface area contributed by atoms with E-state index in [1.807, 2.05) is 69.3 Å². The van der Waals surface area contributed by atoms with Crippen LogP contribution < -0.4 is 14.9 Å². The molecule has 1 aliphatic heterocycles. The standard InChI is InChI=1S/C30H28ClNO5/c1-4-13-32-27(26-28(33)21-16-22(31)18(3)14-24(21)37-29(26)30(32)34)20-11-12-23(25(15-20)35-5-2)36-17-19-9-7-6-8-10-19/h6-12,14-16,27H,4-5,13,17H2,1-3H3. The van der Waals surface area contributed by atoms with E-state index in [0.717, 1.165) is 23.1 Å². The highest BCUT2D eigenvalue weighted by Gasteiger charge is 2.42. The molecule has 0 radical (unpaired) electrons. The molecule has 0 aliphatic carbocycles. The maximum atomic E-state index is 13.7. The minimum Gasteiger partial charge on any atom is -0.490 e. The number of benzene rings is 3. The second-order valence-electron chi connectivity index (χ2n) is 9.09. The average Bonchev–Trinajstić information content (AvgIpc) is 3.17. The first kappa shape index (κ1) is 24.9. The van der Waals surface area contributed by atoms with Crippen molar-refractivity contribution in [3.05, 3.63) is 104 Å². The molecule has 4 aromatic rings. The zero-order valence-corrected chi connectivity index (χ0v) is 21.8. The third-order valence-electron chi connectivity index (χ3n) is 6.53. The highest BCUT2D eigenvalue weighted by atomic mass is 35.5. The minimum atomic E-state index is -0.606. The van der Waals surface area contributed by atoms with Crippen molar-refractivity contribution in [2.75, 3.05) is 13.2 Å². The van der Waals surface area contributed by atoms with Crippen LogP contribution in [0.3, 0.4) is 0 Å². The molecule has 1 unspecified atom stereocenters. The molecule has 1 aliphatic rings. The minimum absolute atomic E-state index is 0.0834. The summed E-state index contributed by atoms with van der Waals surface area (Å²) in [6, 6.07) is 18.2. The highest BCUT2D eigenvalue weighted by Crippen LogP contribution is 2.41. The highest BCUT2D eigenvalue weighted by molar-refractivity contribution is 6.32. The monoisotopic (exact) mass is 517 g/mol. The van der Waals surface area contributed by atoms with Gasteiger partial charge in [0.1, 0.15) is 12.2 Å². The SMILES string of the molecule is CCCN1C(=O)c2oc3cc(C)c(Cl)cc3c(=O)c2C1c1ccc(OCc2ccccc2)c(OCC)c1. The summed E-state index contributed by atoms with van der Waals surface area (Å²) in [5.41, 5.74) is 2.99. The number of ether oxygens (including phenoxy) is 2. The largest absolute Gasteiger partial charge is 0.490 e. The van der Waals surface area contributed by atoms with Crippen LogP contribution in [0.15, 0.2) is 69.9 Å². The normalized spacial score (nSPS) is 14.8. The third-order valence-corrected chi connectivity index (χ3v) is 6.94. The lowest BCUT2D eigenvalue weighted by Gasteiger charge is -2.25. The van der Waals surface area contributed by atoms with Gasteiger partial charge in [0.2, 0.25) is 5.76 Å². The van der Waals surface area contributed by atoms with Crippen LogP contribution in [0, 0.1) is 6.92 Å². The first-order valence-corrected chi connectivity index (χ1v) is 12.8. The van der Waals surface area contributed by atoms with Crippen LogP contribution in [0.5, 0.6) is 11.5 Å². The van der Waals surface area contributed by atoms with Crippen molar-refractivity contribution >= 4 is 28.5 Å². The van der Waals surface area contributed by atoms with E-state index in [-0.39, 0.29) is 17.1 Å². The number of carbonyl (C=O) groups excluding carboxylic acids is 1. The Hall–Kier alpha value is -3.77. The first-order chi connectivity index (χ1) is 17.9. The van der Waals surface area contributed by atoms with Gasteiger partial charge in [-0.2, -0.15) is 0 Å². The maximum absolute atomic E-state index is 13.7. The third kappa shape index (κ3) is 4.58. The van der Waals surface area contributed by atoms with Crippen LogP contribution in [-0.4, -0.2) is 24.0 Å². The summed E-state index contributed by atoms with van der Waals surface area (Å²) in [4.78, 5) is 28.9. The van der Waals surface area contributed by atoms with Gasteiger partial charge in [0.15, 0.2) is 16.9 Å². The van der Waals surface area contributed by atoms with Gasteiger partial charge < -0.3 is 18.8 Å². The number of nitrogens with zero attached hydrogens (tertiary/aromatic N) is 1. The van der Waals surface area contributed by atoms with E-state index in [4.69, 9.17) is 25.5 Å². The van der Waals surface area contributed by atoms with Crippen molar-refractivity contribution < 1.29 is 18.7 Å². The Morgan fingerprint density at radius 2 is 1.76 bits per heavy atom. The van der Waals surface area contributed by atoms with E-state index in [1.54, 1.807) is 17.0 Å². The summed E-state index contributed by atoms with van der Waals surface area (Å²) in [6.07, 6.45) is 0.728. The molecule has 1 aromatic heterocycles. The Morgan fingerprint density at radius 3 is 2.49 bits per heavy atom. The van der Waals surface area contributed by atoms with Gasteiger partial charge in [-0.15, -0.1) is 0 Å². The Balaban J connectivity index is 1.61. The molecule has 1 amide bonds. The molecule has 5 rings (SSSR count). The number of rotatable bonds is 8. The van der Waals surface area contributed by atoms with E-state index in [2.05, 4.69) is 0 Å². The molecule has 37 heavy (non-hydrogen) atoms. The van der Waals surface area contributed by atoms with Gasteiger partial charge in [-0.05, 0) is 61.2 Å². The van der Waals surface area contributed by atoms with Crippen LogP contribution in [0.2, 0.25) is 5.02 Å². The summed E-state index contributed by atoms with van der Waals surface area (Å²) < 4.78 is 18.0. The molecule has 6 nitrogen and oxygen atoms in total. The Labute approximate surface area is 220 Å². The van der Waals surface area contributed by atoms with Gasteiger partial charge in [-0.3, -0.25) is 9.59 Å². The predicted octanol–water partition coefficient (Wildman–Crippen LogP) is 6.69. The Kier molecular flexibility index (Phi) is 6.94. The lowest BCUT2D eigenvalue weighted by molar-refractivity contribution is 0.0728. The van der Waals surface area contributed by atoms with Crippen molar-refractivity contribution in [3.8, 4) is 11.5 Å². The number of hydrogen-bond acceptors (Lipinski definition) is 5. The lowest BCUT2D eigenvalue weighted by Crippen LogP contribution is -2.30. The molecule has 0 fully saturated rings. The molecular weight excluding hydrogens is 490 g/mol. The summed E-state index contributed by atoms with van der Waals surface area (Å²) in [5, 5.41) is 0.836. The van der Waals surface area contributed by atoms with Gasteiger partial charge in [0, 0.05) is 11.6 Å². The number of amides is 1. The zero-order chi connectivity index (χ0) is 26.1. The fourth-order valence-electron chi connectivity index (χ4n) is 4.78. The Bertz CT molecular complexity index is 1530. The van der Waals surface area contributed by atoms with Gasteiger partial charge in [0.05, 0.1) is 23.6 Å². The molecule has 0 N–H and O–H groups in total. The average molecular weight is 518 g/mol. The summed E-state index contributed by atoms with van der Waals surface area (Å²) in [7, 11) is 0. The van der Waals surface area contributed by atoms with Gasteiger partial charge in [-0.1, -0.05) is 54.9 Å². The van der Waals surface area contributed by atoms with E-state index in [9.17, 15) is 9.59 Å². The number of carbonyl (C=O) groups is 1. The molecule has 0 saturated carbocycles. The van der Waals surface area contributed by atoms with Crippen molar-refractivity contribution in [2.45, 2.75) is 39.8 Å². The molecular formula is C30H28ClNO5. The zero-order valence-electron chi connectivity index (χ0n) is 21.0. The quantitative estimate of drug-likeness (QED) is 0.260. The molecule has 0 saturated heterocycles. The topological polar surface area (TPSA) is 69.0 Å². The van der Waals surface area contributed by atoms with Crippen molar-refractivity contribution in [2.24, 2.45) is 0 Å². The number of fused-ring (bicyclic) bond motifs is 2. The lowest BCUT2D eigenvalue weighted by atomic mass is 9.97. The van der Waals surface area contributed by atoms with E-state index in [0.29, 0.717) is 52.8 Å². The molecule has 190 valence electrons. The predicted molar refractivity (Wildman–Crippen MR) is 144 cm³/mol. The summed E-state index contributed by atoms with van der Waals surface area (Å²) in [5.74, 6) is 0.932. The molecule has 0 bridgehead atoms. The fourth-order valence-corrected chi connectivity index (χ4v) is 4.94. The molecule has 1 atom stereocenters. The first-order valence-electron chi connectivity index (χ1n) is 12.4. The van der Waals surface area contributed by atoms with E-state index >= 15 is 0 Å². The van der Waals surface area contributed by atoms with Crippen LogP contribution >= 0.6 is 11.6 Å². The Morgan fingerprint density at radius 1 is 0.973 bits per heavy atom. The van der Waals surface area contributed by atoms with E-state index < -0.39 is 6.04 Å². The smallest absolute Gasteiger partial charge is 0.290 e. The van der Waals surface area contributed by atoms with Crippen LogP contribution in [0.1, 0.15) is 59.1 Å². The summed E-state index contributed by atoms with van der Waals surface area (Å²) in [6.45, 7) is 7.03. The maximum Gasteiger partial charge on any atom is 0.290 e. The van der Waals surface area contributed by atoms with Crippen molar-refractivity contribution in [1.82, 2.24) is 4.90 Å². The number of halogens is 1. The van der Waals surface area contributed by atoms with Gasteiger partial charge in [-0.25, -0.2) is 0 Å². The number of aryl methyl sites for hydroxylation is 1. The molecule has 3 aromatic carbocycles. The second-order valence-corrected chi connectivity index (χ2v) is 9.49. The second kappa shape index (κ2) is 10.3. The molecule has 2 heterocycles. The molecule has 7 heteroatoms. The van der Waals surface area contributed by atoms with E-state index in [1.165, 1.54) is 0 Å². The summed E-state index contributed by atoms with van der Waals surface area (Å²) >= 11 is 6.33. The van der Waals surface area contributed by atoms with Crippen LogP contribution in [0.25, 0.3) is 11.0 Å². The fraction of sp³-hybridized carbons (Fsp3) is 0.267. The van der Waals surface area contributed by atoms with Crippen LogP contribution in [-0.2, 0) is 6.61 Å². The molecule has 0 spiro atoms.